The van der Waals surface area contributed by atoms with E-state index in [0.29, 0.717) is 62.0 Å². The summed E-state index contributed by atoms with van der Waals surface area (Å²) < 4.78 is 0. The largest absolute Gasteiger partial charge is 0.355 e. The van der Waals surface area contributed by atoms with E-state index in [1.54, 1.807) is 24.5 Å². The second-order valence-corrected chi connectivity index (χ2v) is 11.3. The van der Waals surface area contributed by atoms with Crippen LogP contribution in [-0.4, -0.2) is 59.8 Å². The van der Waals surface area contributed by atoms with Crippen LogP contribution in [0.2, 0.25) is 0 Å². The molecule has 0 aliphatic heterocycles. The molecule has 0 spiro atoms. The average Bonchev–Trinajstić information content (AvgIpc) is 3.07. The minimum absolute atomic E-state index is 0.0685. The van der Waals surface area contributed by atoms with Crippen molar-refractivity contribution in [2.45, 2.75) is 40.8 Å². The predicted octanol–water partition coefficient (Wildman–Crippen LogP) is 3.72. The second kappa shape index (κ2) is 17.5. The molecule has 2 aromatic heterocycles. The van der Waals surface area contributed by atoms with Crippen LogP contribution in [0.5, 0.6) is 0 Å². The average molecular weight is 651 g/mol. The standard InChI is InChI=1S/C36H42N8O4/c1-23-29(7-5-9-31(23)43-35(47)33-13-11-27(21-41-33)19-37-15-17-39-25(3)45)30-8-6-10-32(24(30)2)44-36(48)34-14-12-28(22-42-34)20-38-16-18-40-26(4)46/h5-14,21-22,37-38H,15-20H2,1-4H3,(H,39,45)(H,40,46)(H,43,47)(H,44,48). The van der Waals surface area contributed by atoms with Gasteiger partial charge in [-0.25, -0.2) is 0 Å². The number of anilines is 2. The van der Waals surface area contributed by atoms with Gasteiger partial charge >= 0.3 is 0 Å². The summed E-state index contributed by atoms with van der Waals surface area (Å²) in [5, 5.41) is 17.9. The van der Waals surface area contributed by atoms with Crippen LogP contribution in [0.3, 0.4) is 0 Å². The molecule has 0 unspecified atom stereocenters. The van der Waals surface area contributed by atoms with E-state index in [9.17, 15) is 19.2 Å². The van der Waals surface area contributed by atoms with Gasteiger partial charge in [0.2, 0.25) is 11.8 Å². The van der Waals surface area contributed by atoms with Gasteiger partial charge in [0.25, 0.3) is 11.8 Å². The molecule has 0 saturated carbocycles. The fraction of sp³-hybridized carbons (Fsp3) is 0.278. The highest BCUT2D eigenvalue weighted by Crippen LogP contribution is 2.34. The Kier molecular flexibility index (Phi) is 12.9. The van der Waals surface area contributed by atoms with Crippen molar-refractivity contribution in [1.82, 2.24) is 31.2 Å². The highest BCUT2D eigenvalue weighted by molar-refractivity contribution is 6.05. The van der Waals surface area contributed by atoms with Gasteiger partial charge in [-0.3, -0.25) is 29.1 Å². The summed E-state index contributed by atoms with van der Waals surface area (Å²) in [5.74, 6) is -0.781. The van der Waals surface area contributed by atoms with Crippen LogP contribution in [0.15, 0.2) is 73.1 Å². The van der Waals surface area contributed by atoms with Crippen LogP contribution >= 0.6 is 0 Å². The zero-order valence-electron chi connectivity index (χ0n) is 27.7. The summed E-state index contributed by atoms with van der Waals surface area (Å²) in [5.41, 5.74) is 7.34. The van der Waals surface area contributed by atoms with E-state index in [1.807, 2.05) is 62.4 Å². The molecule has 2 heterocycles. The molecule has 250 valence electrons. The van der Waals surface area contributed by atoms with Gasteiger partial charge in [-0.05, 0) is 71.5 Å². The Morgan fingerprint density at radius 2 is 0.979 bits per heavy atom. The summed E-state index contributed by atoms with van der Waals surface area (Å²) in [6.07, 6.45) is 3.32. The molecule has 0 radical (unpaired) electrons. The summed E-state index contributed by atoms with van der Waals surface area (Å²) in [6.45, 7) is 10.3. The van der Waals surface area contributed by atoms with Crippen LogP contribution in [-0.2, 0) is 22.7 Å². The number of nitrogens with one attached hydrogen (secondary N) is 6. The van der Waals surface area contributed by atoms with E-state index >= 15 is 0 Å². The molecule has 2 aromatic carbocycles. The van der Waals surface area contributed by atoms with Gasteiger partial charge in [-0.15, -0.1) is 0 Å². The van der Waals surface area contributed by atoms with E-state index in [0.717, 1.165) is 33.4 Å². The normalized spacial score (nSPS) is 10.7. The molecule has 0 saturated heterocycles. The number of amides is 4. The molecule has 6 N–H and O–H groups in total. The third-order valence-electron chi connectivity index (χ3n) is 7.58. The molecule has 0 aliphatic rings. The smallest absolute Gasteiger partial charge is 0.274 e. The van der Waals surface area contributed by atoms with Gasteiger partial charge < -0.3 is 31.9 Å². The lowest BCUT2D eigenvalue weighted by Gasteiger charge is -2.17. The van der Waals surface area contributed by atoms with Gasteiger partial charge in [0.15, 0.2) is 0 Å². The summed E-state index contributed by atoms with van der Waals surface area (Å²) in [7, 11) is 0. The first-order valence-corrected chi connectivity index (χ1v) is 15.7. The molecule has 0 bridgehead atoms. The van der Waals surface area contributed by atoms with Gasteiger partial charge in [0.1, 0.15) is 11.4 Å². The maximum Gasteiger partial charge on any atom is 0.274 e. The van der Waals surface area contributed by atoms with Crippen molar-refractivity contribution in [2.75, 3.05) is 36.8 Å². The first-order chi connectivity index (χ1) is 23.1. The maximum atomic E-state index is 13.1. The lowest BCUT2D eigenvalue weighted by molar-refractivity contribution is -0.119. The lowest BCUT2D eigenvalue weighted by Crippen LogP contribution is -2.29. The third-order valence-corrected chi connectivity index (χ3v) is 7.58. The van der Waals surface area contributed by atoms with E-state index < -0.39 is 0 Å². The SMILES string of the molecule is CC(=O)NCCNCc1ccc(C(=O)Nc2cccc(-c3cccc(NC(=O)c4ccc(CNCCNC(C)=O)cn4)c3C)c2C)nc1. The lowest BCUT2D eigenvalue weighted by atomic mass is 9.94. The molecule has 0 aliphatic carbocycles. The maximum absolute atomic E-state index is 13.1. The minimum atomic E-state index is -0.322. The van der Waals surface area contributed by atoms with Gasteiger partial charge in [-0.1, -0.05) is 36.4 Å². The van der Waals surface area contributed by atoms with Gasteiger partial charge in [-0.2, -0.15) is 0 Å². The van der Waals surface area contributed by atoms with Crippen molar-refractivity contribution in [3.05, 3.63) is 107 Å². The van der Waals surface area contributed by atoms with Crippen LogP contribution in [0.25, 0.3) is 11.1 Å². The number of carbonyl (C=O) groups excluding carboxylic acids is 4. The van der Waals surface area contributed by atoms with Gasteiger partial charge in [0, 0.05) is 76.9 Å². The third kappa shape index (κ3) is 10.3. The molecule has 12 heteroatoms. The number of aromatic nitrogens is 2. The number of rotatable bonds is 15. The molecule has 4 amide bonds. The topological polar surface area (TPSA) is 166 Å². The summed E-state index contributed by atoms with van der Waals surface area (Å²) in [6, 6.07) is 18.5. The van der Waals surface area contributed by atoms with Crippen LogP contribution in [0, 0.1) is 13.8 Å². The van der Waals surface area contributed by atoms with Crippen molar-refractivity contribution in [1.29, 1.82) is 0 Å². The van der Waals surface area contributed by atoms with E-state index in [-0.39, 0.29) is 23.6 Å². The van der Waals surface area contributed by atoms with E-state index in [1.165, 1.54) is 13.8 Å². The molecule has 0 atom stereocenters. The Morgan fingerprint density at radius 1 is 0.562 bits per heavy atom. The fourth-order valence-electron chi connectivity index (χ4n) is 4.94. The zero-order valence-corrected chi connectivity index (χ0v) is 27.7. The molecule has 48 heavy (non-hydrogen) atoms. The molecule has 4 aromatic rings. The Bertz CT molecular complexity index is 1610. The van der Waals surface area contributed by atoms with Crippen molar-refractivity contribution in [3.8, 4) is 11.1 Å². The number of hydrogen-bond donors (Lipinski definition) is 6. The quantitative estimate of drug-likeness (QED) is 0.106. The molecular formula is C36H42N8O4. The molecular weight excluding hydrogens is 608 g/mol. The van der Waals surface area contributed by atoms with Crippen LogP contribution in [0.4, 0.5) is 11.4 Å². The number of carbonyl (C=O) groups is 4. The fourth-order valence-corrected chi connectivity index (χ4v) is 4.94. The van der Waals surface area contributed by atoms with Crippen molar-refractivity contribution < 1.29 is 19.2 Å². The Morgan fingerprint density at radius 3 is 1.33 bits per heavy atom. The Hall–Kier alpha value is -5.46. The Labute approximate surface area is 280 Å². The first kappa shape index (κ1) is 35.4. The van der Waals surface area contributed by atoms with E-state index in [2.05, 4.69) is 41.9 Å². The van der Waals surface area contributed by atoms with Crippen LogP contribution < -0.4 is 31.9 Å². The minimum Gasteiger partial charge on any atom is -0.355 e. The Balaban J connectivity index is 1.37. The molecule has 0 fully saturated rings. The highest BCUT2D eigenvalue weighted by atomic mass is 16.2. The molecule has 4 rings (SSSR count). The van der Waals surface area contributed by atoms with E-state index in [4.69, 9.17) is 0 Å². The first-order valence-electron chi connectivity index (χ1n) is 15.7. The predicted molar refractivity (Wildman–Crippen MR) is 187 cm³/mol. The monoisotopic (exact) mass is 650 g/mol. The van der Waals surface area contributed by atoms with Crippen molar-refractivity contribution >= 4 is 35.0 Å². The second-order valence-electron chi connectivity index (χ2n) is 11.3. The molecule has 12 nitrogen and oxygen atoms in total. The number of benzene rings is 2. The number of hydrogen-bond acceptors (Lipinski definition) is 8. The van der Waals surface area contributed by atoms with Crippen molar-refractivity contribution in [3.63, 3.8) is 0 Å². The summed E-state index contributed by atoms with van der Waals surface area (Å²) >= 11 is 0. The number of pyridine rings is 2. The van der Waals surface area contributed by atoms with Crippen molar-refractivity contribution in [2.24, 2.45) is 0 Å². The summed E-state index contributed by atoms with van der Waals surface area (Å²) in [4.78, 5) is 56.8. The van der Waals surface area contributed by atoms with Crippen LogP contribution in [0.1, 0.15) is 57.1 Å². The van der Waals surface area contributed by atoms with Gasteiger partial charge in [0.05, 0.1) is 0 Å². The highest BCUT2D eigenvalue weighted by Gasteiger charge is 2.16. The number of nitrogens with zero attached hydrogens (tertiary/aromatic N) is 2. The zero-order chi connectivity index (χ0) is 34.5.